The van der Waals surface area contributed by atoms with Gasteiger partial charge in [-0.1, -0.05) is 0 Å². The number of hydrogen-bond donors (Lipinski definition) is 8. The van der Waals surface area contributed by atoms with Gasteiger partial charge in [0.15, 0.2) is 5.60 Å². The molecule has 0 aromatic carbocycles. The molecule has 0 fully saturated rings. The second-order valence-electron chi connectivity index (χ2n) is 3.94. The van der Waals surface area contributed by atoms with Crippen LogP contribution in [0.3, 0.4) is 0 Å². The Labute approximate surface area is 144 Å². The maximum Gasteiger partial charge on any atom is 0.394 e. The predicted molar refractivity (Wildman–Crippen MR) is 75.7 cm³/mol. The van der Waals surface area contributed by atoms with Crippen molar-refractivity contribution < 1.29 is 72.1 Å². The third-order valence-corrected chi connectivity index (χ3v) is 1.65. The lowest BCUT2D eigenvalue weighted by Crippen LogP contribution is -2.42. The van der Waals surface area contributed by atoms with Gasteiger partial charge in [0.05, 0.1) is 12.8 Å². The fourth-order valence-corrected chi connectivity index (χ4v) is 0.857. The SMILES string of the molecule is O=C(O)C=CC(=O)O.O=C(O)CC(O)(CC(=O)O)C(=O)O.O=S(=O)(O)O. The molecule has 0 aromatic rings. The summed E-state index contributed by atoms with van der Waals surface area (Å²) in [6.07, 6.45) is -1.17. The van der Waals surface area contributed by atoms with E-state index < -0.39 is 58.7 Å². The highest BCUT2D eigenvalue weighted by atomic mass is 32.3. The third kappa shape index (κ3) is 25.9. The van der Waals surface area contributed by atoms with Crippen LogP contribution in [-0.2, 0) is 34.4 Å². The molecule has 0 aliphatic heterocycles. The van der Waals surface area contributed by atoms with Crippen LogP contribution in [0.15, 0.2) is 12.2 Å². The smallest absolute Gasteiger partial charge is 0.394 e. The summed E-state index contributed by atoms with van der Waals surface area (Å²) in [5.74, 6) is -7.53. The first-order chi connectivity index (χ1) is 11.4. The normalized spacial score (nSPS) is 10.6. The fraction of sp³-hybridized carbons (Fsp3) is 0.300. The van der Waals surface area contributed by atoms with Crippen molar-refractivity contribution in [3.63, 3.8) is 0 Å². The molecule has 16 heteroatoms. The summed E-state index contributed by atoms with van der Waals surface area (Å²) in [5.41, 5.74) is -2.74. The monoisotopic (exact) mass is 406 g/mol. The van der Waals surface area contributed by atoms with E-state index in [1.165, 1.54) is 0 Å². The van der Waals surface area contributed by atoms with Gasteiger partial charge in [-0.05, 0) is 0 Å². The first-order valence-electron chi connectivity index (χ1n) is 5.64. The van der Waals surface area contributed by atoms with Gasteiger partial charge in [-0.3, -0.25) is 18.7 Å². The molecular weight excluding hydrogens is 392 g/mol. The quantitative estimate of drug-likeness (QED) is 0.164. The molecule has 0 saturated carbocycles. The number of aliphatic carboxylic acids is 5. The Balaban J connectivity index is -0.000000346. The lowest BCUT2D eigenvalue weighted by atomic mass is 9.96. The summed E-state index contributed by atoms with van der Waals surface area (Å²) in [4.78, 5) is 49.6. The van der Waals surface area contributed by atoms with Crippen molar-refractivity contribution in [1.29, 1.82) is 0 Å². The highest BCUT2D eigenvalue weighted by Crippen LogP contribution is 2.15. The lowest BCUT2D eigenvalue weighted by Gasteiger charge is -2.18. The van der Waals surface area contributed by atoms with Crippen LogP contribution in [0.2, 0.25) is 0 Å². The van der Waals surface area contributed by atoms with E-state index in [2.05, 4.69) is 0 Å². The topological polar surface area (TPSA) is 281 Å². The van der Waals surface area contributed by atoms with E-state index in [0.717, 1.165) is 0 Å². The van der Waals surface area contributed by atoms with E-state index in [4.69, 9.17) is 48.2 Å². The first-order valence-corrected chi connectivity index (χ1v) is 7.03. The molecule has 0 unspecified atom stereocenters. The zero-order chi connectivity index (χ0) is 21.7. The average Bonchev–Trinajstić information content (AvgIpc) is 2.32. The van der Waals surface area contributed by atoms with Gasteiger partial charge in [-0.25, -0.2) is 14.4 Å². The molecule has 26 heavy (non-hydrogen) atoms. The molecule has 15 nitrogen and oxygen atoms in total. The number of carboxylic acids is 5. The van der Waals surface area contributed by atoms with E-state index >= 15 is 0 Å². The molecule has 0 spiro atoms. The van der Waals surface area contributed by atoms with Crippen LogP contribution in [0.4, 0.5) is 0 Å². The number of aliphatic hydroxyl groups is 1. The summed E-state index contributed by atoms with van der Waals surface area (Å²) in [7, 11) is -4.67. The molecule has 0 saturated heterocycles. The van der Waals surface area contributed by atoms with Crippen LogP contribution in [0.25, 0.3) is 0 Å². The van der Waals surface area contributed by atoms with Gasteiger partial charge in [0.2, 0.25) is 0 Å². The van der Waals surface area contributed by atoms with Crippen molar-refractivity contribution in [1.82, 2.24) is 0 Å². The molecule has 0 heterocycles. The van der Waals surface area contributed by atoms with Gasteiger partial charge < -0.3 is 30.6 Å². The minimum absolute atomic E-state index is 0.558. The van der Waals surface area contributed by atoms with Gasteiger partial charge in [0.1, 0.15) is 0 Å². The number of carbonyl (C=O) groups is 5. The third-order valence-electron chi connectivity index (χ3n) is 1.65. The Morgan fingerprint density at radius 3 is 1.08 bits per heavy atom. The highest BCUT2D eigenvalue weighted by molar-refractivity contribution is 7.79. The lowest BCUT2D eigenvalue weighted by molar-refractivity contribution is -0.170. The standard InChI is InChI=1S/C6H8O7.C4H4O4.H2O4S/c7-3(8)1-6(13,5(11)12)2-4(9)10;5-3(6)1-2-4(7)8;1-5(2,3)4/h13H,1-2H2,(H,7,8)(H,9,10)(H,11,12);1-2H,(H,5,6)(H,7,8);(H2,1,2,3,4). The summed E-state index contributed by atoms with van der Waals surface area (Å²) in [6.45, 7) is 0. The molecule has 0 rings (SSSR count). The fourth-order valence-electron chi connectivity index (χ4n) is 0.857. The second-order valence-corrected chi connectivity index (χ2v) is 4.83. The maximum atomic E-state index is 10.3. The number of carboxylic acid groups (broad SMARTS) is 5. The van der Waals surface area contributed by atoms with Crippen molar-refractivity contribution in [2.45, 2.75) is 18.4 Å². The molecule has 0 aliphatic rings. The molecule has 0 amide bonds. The van der Waals surface area contributed by atoms with Gasteiger partial charge in [0.25, 0.3) is 0 Å². The molecule has 0 radical (unpaired) electrons. The zero-order valence-corrected chi connectivity index (χ0v) is 13.2. The van der Waals surface area contributed by atoms with Crippen LogP contribution in [0.1, 0.15) is 12.8 Å². The van der Waals surface area contributed by atoms with Crippen LogP contribution in [-0.4, -0.2) is 83.6 Å². The molecular formula is C10H14O15S. The van der Waals surface area contributed by atoms with Crippen LogP contribution >= 0.6 is 0 Å². The van der Waals surface area contributed by atoms with Gasteiger partial charge in [-0.15, -0.1) is 0 Å². The summed E-state index contributed by atoms with van der Waals surface area (Å²) in [6, 6.07) is 0. The summed E-state index contributed by atoms with van der Waals surface area (Å²) < 4.78 is 31.6. The van der Waals surface area contributed by atoms with Crippen molar-refractivity contribution in [2.75, 3.05) is 0 Å². The first kappa shape index (κ1) is 27.8. The Bertz CT molecular complexity index is 618. The molecule has 150 valence electrons. The zero-order valence-electron chi connectivity index (χ0n) is 12.4. The Morgan fingerprint density at radius 1 is 0.731 bits per heavy atom. The second kappa shape index (κ2) is 12.3. The predicted octanol–water partition coefficient (Wildman–Crippen LogP) is -2.19. The van der Waals surface area contributed by atoms with Crippen LogP contribution in [0.5, 0.6) is 0 Å². The van der Waals surface area contributed by atoms with Crippen LogP contribution < -0.4 is 0 Å². The number of rotatable bonds is 7. The average molecular weight is 406 g/mol. The van der Waals surface area contributed by atoms with E-state index in [1.807, 2.05) is 0 Å². The Hall–Kier alpha value is -3.08. The molecule has 0 aromatic heterocycles. The van der Waals surface area contributed by atoms with Gasteiger partial charge >= 0.3 is 40.2 Å². The minimum atomic E-state index is -4.67. The van der Waals surface area contributed by atoms with E-state index in [0.29, 0.717) is 12.2 Å². The van der Waals surface area contributed by atoms with Gasteiger partial charge in [-0.2, -0.15) is 8.42 Å². The summed E-state index contributed by atoms with van der Waals surface area (Å²) >= 11 is 0. The van der Waals surface area contributed by atoms with E-state index in [-0.39, 0.29) is 0 Å². The maximum absolute atomic E-state index is 10.3. The van der Waals surface area contributed by atoms with Crippen molar-refractivity contribution >= 4 is 40.2 Å². The summed E-state index contributed by atoms with van der Waals surface area (Å²) in [5, 5.41) is 49.4. The Morgan fingerprint density at radius 2 is 0.962 bits per heavy atom. The minimum Gasteiger partial charge on any atom is -0.481 e. The van der Waals surface area contributed by atoms with E-state index in [1.54, 1.807) is 0 Å². The van der Waals surface area contributed by atoms with E-state index in [9.17, 15) is 24.0 Å². The molecule has 8 N–H and O–H groups in total. The van der Waals surface area contributed by atoms with Crippen LogP contribution in [0, 0.1) is 0 Å². The number of hydrogen-bond acceptors (Lipinski definition) is 8. The van der Waals surface area contributed by atoms with Crippen molar-refractivity contribution in [3.8, 4) is 0 Å². The van der Waals surface area contributed by atoms with Crippen molar-refractivity contribution in [3.05, 3.63) is 12.2 Å². The molecule has 0 atom stereocenters. The molecule has 0 aliphatic carbocycles. The highest BCUT2D eigenvalue weighted by Gasteiger charge is 2.40. The van der Waals surface area contributed by atoms with Gasteiger partial charge in [0, 0.05) is 12.2 Å². The van der Waals surface area contributed by atoms with Crippen molar-refractivity contribution in [2.24, 2.45) is 0 Å². The Kier molecular flexibility index (Phi) is 13.1. The molecule has 0 bridgehead atoms. The largest absolute Gasteiger partial charge is 0.481 e.